The summed E-state index contributed by atoms with van der Waals surface area (Å²) in [7, 11) is -1.51. The van der Waals surface area contributed by atoms with Gasteiger partial charge in [-0.25, -0.2) is 8.42 Å². The quantitative estimate of drug-likeness (QED) is 0.898. The summed E-state index contributed by atoms with van der Waals surface area (Å²) in [5, 5.41) is 6.91. The van der Waals surface area contributed by atoms with Crippen molar-refractivity contribution in [3.63, 3.8) is 0 Å². The first-order valence-corrected chi connectivity index (χ1v) is 8.86. The Morgan fingerprint density at radius 1 is 1.32 bits per heavy atom. The molecule has 0 unspecified atom stereocenters. The highest BCUT2D eigenvalue weighted by atomic mass is 32.2. The Balaban J connectivity index is 2.27. The van der Waals surface area contributed by atoms with Gasteiger partial charge in [0.1, 0.15) is 9.84 Å². The number of hydrogen-bond acceptors (Lipinski definition) is 4. The molecule has 1 N–H and O–H groups in total. The van der Waals surface area contributed by atoms with Crippen LogP contribution in [-0.2, 0) is 16.9 Å². The monoisotopic (exact) mass is 321 g/mol. The molecule has 1 heterocycles. The summed E-state index contributed by atoms with van der Waals surface area (Å²) in [6.45, 7) is 1.74. The molecule has 6 nitrogen and oxygen atoms in total. The molecule has 1 aromatic heterocycles. The molecule has 2 rings (SSSR count). The molecule has 0 spiro atoms. The molecule has 0 aliphatic heterocycles. The average Bonchev–Trinajstić information content (AvgIpc) is 2.76. The standard InChI is InChI=1S/C15H19N3O3S/c1-11-13(9-18(2)17-11)15(19)16-14(10-22(3,20)21)12-7-5-4-6-8-12/h4-9,14H,10H2,1-3H3,(H,16,19)/t14-/m1/s1. The number of amides is 1. The Morgan fingerprint density at radius 3 is 2.45 bits per heavy atom. The van der Waals surface area contributed by atoms with Crippen LogP contribution < -0.4 is 5.32 Å². The van der Waals surface area contributed by atoms with Crippen molar-refractivity contribution in [2.24, 2.45) is 7.05 Å². The molecular formula is C15H19N3O3S. The minimum Gasteiger partial charge on any atom is -0.344 e. The van der Waals surface area contributed by atoms with Crippen molar-refractivity contribution in [1.29, 1.82) is 0 Å². The smallest absolute Gasteiger partial charge is 0.255 e. The highest BCUT2D eigenvalue weighted by Gasteiger charge is 2.22. The number of sulfone groups is 1. The van der Waals surface area contributed by atoms with Crippen LogP contribution in [0, 0.1) is 6.92 Å². The van der Waals surface area contributed by atoms with E-state index < -0.39 is 15.9 Å². The van der Waals surface area contributed by atoms with Crippen LogP contribution in [0.5, 0.6) is 0 Å². The summed E-state index contributed by atoms with van der Waals surface area (Å²) in [5.41, 5.74) is 1.80. The van der Waals surface area contributed by atoms with Crippen molar-refractivity contribution in [3.05, 3.63) is 53.3 Å². The summed E-state index contributed by atoms with van der Waals surface area (Å²) in [4.78, 5) is 12.4. The molecule has 0 bridgehead atoms. The van der Waals surface area contributed by atoms with Gasteiger partial charge in [0.05, 0.1) is 23.1 Å². The molecule has 0 saturated carbocycles. The summed E-state index contributed by atoms with van der Waals surface area (Å²) in [6.07, 6.45) is 2.78. The number of rotatable bonds is 5. The van der Waals surface area contributed by atoms with Gasteiger partial charge in [0.15, 0.2) is 0 Å². The third-order valence-electron chi connectivity index (χ3n) is 3.23. The predicted molar refractivity (Wildman–Crippen MR) is 84.3 cm³/mol. The lowest BCUT2D eigenvalue weighted by Gasteiger charge is -2.18. The predicted octanol–water partition coefficient (Wildman–Crippen LogP) is 1.24. The molecule has 0 saturated heterocycles. The molecule has 1 aromatic carbocycles. The lowest BCUT2D eigenvalue weighted by molar-refractivity contribution is 0.0940. The number of nitrogens with one attached hydrogen (secondary N) is 1. The van der Waals surface area contributed by atoms with Crippen molar-refractivity contribution in [1.82, 2.24) is 15.1 Å². The lowest BCUT2D eigenvalue weighted by atomic mass is 10.1. The number of hydrogen-bond donors (Lipinski definition) is 1. The van der Waals surface area contributed by atoms with Crippen molar-refractivity contribution in [2.45, 2.75) is 13.0 Å². The second-order valence-electron chi connectivity index (χ2n) is 5.33. The molecule has 0 aliphatic rings. The number of benzene rings is 1. The zero-order valence-electron chi connectivity index (χ0n) is 12.8. The second-order valence-corrected chi connectivity index (χ2v) is 7.52. The van der Waals surface area contributed by atoms with Gasteiger partial charge in [-0.2, -0.15) is 5.10 Å². The zero-order chi connectivity index (χ0) is 16.3. The number of carbonyl (C=O) groups is 1. The minimum atomic E-state index is -3.24. The van der Waals surface area contributed by atoms with E-state index in [0.29, 0.717) is 11.3 Å². The summed E-state index contributed by atoms with van der Waals surface area (Å²) in [6, 6.07) is 8.47. The van der Waals surface area contributed by atoms with Gasteiger partial charge in [0, 0.05) is 19.5 Å². The maximum atomic E-state index is 12.4. The molecule has 0 aliphatic carbocycles. The molecule has 2 aromatic rings. The fraction of sp³-hybridized carbons (Fsp3) is 0.333. The van der Waals surface area contributed by atoms with Crippen LogP contribution in [0.25, 0.3) is 0 Å². The third-order valence-corrected chi connectivity index (χ3v) is 4.17. The highest BCUT2D eigenvalue weighted by molar-refractivity contribution is 7.90. The number of nitrogens with zero attached hydrogens (tertiary/aromatic N) is 2. The Labute approximate surface area is 130 Å². The normalized spacial score (nSPS) is 12.9. The van der Waals surface area contributed by atoms with E-state index in [1.54, 1.807) is 37.0 Å². The highest BCUT2D eigenvalue weighted by Crippen LogP contribution is 2.16. The van der Waals surface area contributed by atoms with Crippen LogP contribution in [0.1, 0.15) is 27.7 Å². The second kappa shape index (κ2) is 6.31. The molecular weight excluding hydrogens is 302 g/mol. The van der Waals surface area contributed by atoms with Crippen LogP contribution in [0.2, 0.25) is 0 Å². The molecule has 0 fully saturated rings. The zero-order valence-corrected chi connectivity index (χ0v) is 13.6. The van der Waals surface area contributed by atoms with E-state index in [-0.39, 0.29) is 11.7 Å². The van der Waals surface area contributed by atoms with Gasteiger partial charge in [0.25, 0.3) is 5.91 Å². The van der Waals surface area contributed by atoms with Crippen LogP contribution >= 0.6 is 0 Å². The van der Waals surface area contributed by atoms with Crippen LogP contribution in [0.4, 0.5) is 0 Å². The Hall–Kier alpha value is -2.15. The summed E-state index contributed by atoms with van der Waals surface area (Å²) in [5.74, 6) is -0.481. The van der Waals surface area contributed by atoms with Gasteiger partial charge >= 0.3 is 0 Å². The van der Waals surface area contributed by atoms with E-state index in [2.05, 4.69) is 10.4 Å². The lowest BCUT2D eigenvalue weighted by Crippen LogP contribution is -2.33. The molecule has 1 atom stereocenters. The molecule has 0 radical (unpaired) electrons. The first-order valence-electron chi connectivity index (χ1n) is 6.80. The Kier molecular flexibility index (Phi) is 4.65. The van der Waals surface area contributed by atoms with E-state index in [1.165, 1.54) is 0 Å². The number of aryl methyl sites for hydroxylation is 2. The maximum absolute atomic E-state index is 12.4. The van der Waals surface area contributed by atoms with E-state index in [4.69, 9.17) is 0 Å². The van der Waals surface area contributed by atoms with Gasteiger partial charge < -0.3 is 5.32 Å². The van der Waals surface area contributed by atoms with Crippen molar-refractivity contribution < 1.29 is 13.2 Å². The van der Waals surface area contributed by atoms with Crippen molar-refractivity contribution >= 4 is 15.7 Å². The van der Waals surface area contributed by atoms with Gasteiger partial charge in [-0.3, -0.25) is 9.48 Å². The average molecular weight is 321 g/mol. The number of carbonyl (C=O) groups excluding carboxylic acids is 1. The van der Waals surface area contributed by atoms with Crippen LogP contribution in [0.15, 0.2) is 36.5 Å². The molecule has 22 heavy (non-hydrogen) atoms. The maximum Gasteiger partial charge on any atom is 0.255 e. The molecule has 118 valence electrons. The van der Waals surface area contributed by atoms with E-state index in [1.807, 2.05) is 18.2 Å². The third kappa shape index (κ3) is 4.17. The topological polar surface area (TPSA) is 81.1 Å². The Morgan fingerprint density at radius 2 is 1.95 bits per heavy atom. The first kappa shape index (κ1) is 16.2. The van der Waals surface area contributed by atoms with E-state index in [0.717, 1.165) is 11.8 Å². The van der Waals surface area contributed by atoms with Gasteiger partial charge in [-0.1, -0.05) is 30.3 Å². The fourth-order valence-corrected chi connectivity index (χ4v) is 3.15. The van der Waals surface area contributed by atoms with Gasteiger partial charge in [0.2, 0.25) is 0 Å². The first-order chi connectivity index (χ1) is 10.3. The summed E-state index contributed by atoms with van der Waals surface area (Å²) >= 11 is 0. The molecule has 1 amide bonds. The van der Waals surface area contributed by atoms with Crippen LogP contribution in [-0.4, -0.2) is 36.1 Å². The van der Waals surface area contributed by atoms with Gasteiger partial charge in [-0.15, -0.1) is 0 Å². The largest absolute Gasteiger partial charge is 0.344 e. The number of aromatic nitrogens is 2. The van der Waals surface area contributed by atoms with Crippen molar-refractivity contribution in [2.75, 3.05) is 12.0 Å². The SMILES string of the molecule is Cc1nn(C)cc1C(=O)N[C@H](CS(C)(=O)=O)c1ccccc1. The molecule has 7 heteroatoms. The van der Waals surface area contributed by atoms with E-state index in [9.17, 15) is 13.2 Å². The fourth-order valence-electron chi connectivity index (χ4n) is 2.27. The van der Waals surface area contributed by atoms with Crippen LogP contribution in [0.3, 0.4) is 0 Å². The van der Waals surface area contributed by atoms with E-state index >= 15 is 0 Å². The summed E-state index contributed by atoms with van der Waals surface area (Å²) < 4.78 is 24.8. The Bertz CT molecular complexity index is 767. The van der Waals surface area contributed by atoms with Gasteiger partial charge in [-0.05, 0) is 12.5 Å². The van der Waals surface area contributed by atoms with Crippen molar-refractivity contribution in [3.8, 4) is 0 Å². The minimum absolute atomic E-state index is 0.151.